The van der Waals surface area contributed by atoms with E-state index in [2.05, 4.69) is 10.3 Å². The van der Waals surface area contributed by atoms with Crippen molar-refractivity contribution in [3.05, 3.63) is 111 Å². The molecule has 12 heteroatoms. The van der Waals surface area contributed by atoms with Crippen LogP contribution in [0.4, 0.5) is 15.8 Å². The Kier molecular flexibility index (Phi) is 7.36. The summed E-state index contributed by atoms with van der Waals surface area (Å²) in [6.45, 7) is -0.232. The van der Waals surface area contributed by atoms with Gasteiger partial charge in [0.05, 0.1) is 29.7 Å². The largest absolute Gasteiger partial charge is 0.493 e. The second-order valence-corrected chi connectivity index (χ2v) is 15.5. The van der Waals surface area contributed by atoms with Crippen LogP contribution in [0.25, 0.3) is 10.8 Å². The summed E-state index contributed by atoms with van der Waals surface area (Å²) in [7, 11) is 1.54. The molecule has 3 fully saturated rings. The molecular formula is C38H30FN3O6S2. The Morgan fingerprint density at radius 2 is 1.68 bits per heavy atom. The van der Waals surface area contributed by atoms with E-state index in [1.165, 1.54) is 47.6 Å². The maximum absolute atomic E-state index is 14.0. The average Bonchev–Trinajstić information content (AvgIpc) is 3.86. The van der Waals surface area contributed by atoms with Gasteiger partial charge in [0.15, 0.2) is 18.1 Å². The fourth-order valence-corrected chi connectivity index (χ4v) is 11.7. The van der Waals surface area contributed by atoms with Crippen LogP contribution in [-0.2, 0) is 14.4 Å². The van der Waals surface area contributed by atoms with Crippen LogP contribution in [0.15, 0.2) is 94.7 Å². The predicted molar refractivity (Wildman–Crippen MR) is 188 cm³/mol. The number of H-pyrrole nitrogens is 1. The van der Waals surface area contributed by atoms with Crippen molar-refractivity contribution in [3.8, 4) is 11.5 Å². The van der Waals surface area contributed by atoms with Crippen LogP contribution >= 0.6 is 23.1 Å². The summed E-state index contributed by atoms with van der Waals surface area (Å²) < 4.78 is 25.4. The fraction of sp³-hybridized carbons (Fsp3) is 0.263. The Labute approximate surface area is 293 Å². The van der Waals surface area contributed by atoms with Crippen LogP contribution in [0.2, 0.25) is 0 Å². The molecule has 2 aliphatic heterocycles. The smallest absolute Gasteiger partial charge is 0.305 e. The maximum Gasteiger partial charge on any atom is 0.305 e. The summed E-state index contributed by atoms with van der Waals surface area (Å²) in [5.41, 5.74) is 1.96. The first-order chi connectivity index (χ1) is 24.3. The quantitative estimate of drug-likeness (QED) is 0.187. The number of thiazole rings is 1. The number of hydrogen-bond acceptors (Lipinski definition) is 8. The number of imide groups is 1. The number of carbonyl (C=O) groups is 3. The van der Waals surface area contributed by atoms with E-state index < -0.39 is 17.7 Å². The highest BCUT2D eigenvalue weighted by Crippen LogP contribution is 2.68. The molecule has 252 valence electrons. The highest BCUT2D eigenvalue weighted by atomic mass is 32.2. The van der Waals surface area contributed by atoms with E-state index in [9.17, 15) is 23.6 Å². The van der Waals surface area contributed by atoms with Crippen LogP contribution in [0.1, 0.15) is 22.8 Å². The summed E-state index contributed by atoms with van der Waals surface area (Å²) in [6, 6.07) is 24.7. The SMILES string of the molecule is COc1cc([C@@H]2c3sc(=O)[nH]c3S[C@@H]3[C@@H]4C[C@@H]([C@@H]5C(=O)N(c6ccc(F)cc6)C(=O)[C@@H]45)[C@H]23)ccc1OCC(=O)Nc1ccc2ccccc2c1. The van der Waals surface area contributed by atoms with Crippen LogP contribution < -0.4 is 24.6 Å². The lowest BCUT2D eigenvalue weighted by Gasteiger charge is -2.43. The van der Waals surface area contributed by atoms with E-state index in [1.807, 2.05) is 54.6 Å². The van der Waals surface area contributed by atoms with Gasteiger partial charge < -0.3 is 19.8 Å². The number of nitrogens with one attached hydrogen (secondary N) is 2. The van der Waals surface area contributed by atoms with Gasteiger partial charge in [-0.1, -0.05) is 47.7 Å². The molecule has 1 saturated heterocycles. The number of carbonyl (C=O) groups excluding carboxylic acids is 3. The second kappa shape index (κ2) is 11.8. The molecule has 3 heterocycles. The molecule has 3 amide bonds. The molecule has 0 unspecified atom stereocenters. The summed E-state index contributed by atoms with van der Waals surface area (Å²) >= 11 is 2.78. The molecule has 2 N–H and O–H groups in total. The van der Waals surface area contributed by atoms with Gasteiger partial charge in [-0.2, -0.15) is 0 Å². The van der Waals surface area contributed by atoms with Gasteiger partial charge in [0.2, 0.25) is 11.8 Å². The summed E-state index contributed by atoms with van der Waals surface area (Å²) in [4.78, 5) is 58.4. The lowest BCUT2D eigenvalue weighted by molar-refractivity contribution is -0.123. The second-order valence-electron chi connectivity index (χ2n) is 13.3. The van der Waals surface area contributed by atoms with Gasteiger partial charge in [0, 0.05) is 21.7 Å². The molecule has 1 aromatic heterocycles. The minimum atomic E-state index is -0.482. The Hall–Kier alpha value is -4.94. The molecule has 50 heavy (non-hydrogen) atoms. The minimum Gasteiger partial charge on any atom is -0.493 e. The number of methoxy groups -OCH3 is 1. The average molecular weight is 708 g/mol. The van der Waals surface area contributed by atoms with Crippen molar-refractivity contribution in [2.24, 2.45) is 29.6 Å². The number of aromatic amines is 1. The summed E-state index contributed by atoms with van der Waals surface area (Å²) in [5, 5.41) is 5.79. The van der Waals surface area contributed by atoms with Gasteiger partial charge >= 0.3 is 4.87 Å². The molecule has 4 aromatic carbocycles. The third-order valence-corrected chi connectivity index (χ3v) is 13.3. The number of nitrogens with zero attached hydrogens (tertiary/aromatic N) is 1. The van der Waals surface area contributed by atoms with E-state index in [1.54, 1.807) is 17.8 Å². The number of fused-ring (bicyclic) bond motifs is 10. The van der Waals surface area contributed by atoms with Crippen LogP contribution in [0.5, 0.6) is 11.5 Å². The lowest BCUT2D eigenvalue weighted by atomic mass is 9.68. The molecule has 2 saturated carbocycles. The van der Waals surface area contributed by atoms with Gasteiger partial charge in [0.1, 0.15) is 5.82 Å². The van der Waals surface area contributed by atoms with Crippen molar-refractivity contribution in [2.75, 3.05) is 23.9 Å². The van der Waals surface area contributed by atoms with E-state index in [-0.39, 0.29) is 58.1 Å². The standard InChI is InChI=1S/C38H30FN3O6S2/c1-47-27-15-20(7-13-26(27)48-17-28(43)40-22-10-6-18-4-2-3-5-19(18)14-22)29-30-24-16-25(33(30)49-35-34(29)50-38(46)41-35)32-31(24)36(44)42(37(32)45)23-11-8-21(39)9-12-23/h2-15,24-25,29-33H,16-17H2,1H3,(H,40,43)(H,41,46)/t24-,25-,29+,30-,31+,32+,33-/m1/s1. The van der Waals surface area contributed by atoms with Crippen molar-refractivity contribution < 1.29 is 28.2 Å². The number of ether oxygens (including phenoxy) is 2. The lowest BCUT2D eigenvalue weighted by Crippen LogP contribution is -2.42. The van der Waals surface area contributed by atoms with E-state index in [0.717, 1.165) is 32.7 Å². The van der Waals surface area contributed by atoms with Crippen molar-refractivity contribution in [1.82, 2.24) is 4.98 Å². The van der Waals surface area contributed by atoms with Crippen LogP contribution in [0, 0.1) is 35.4 Å². The van der Waals surface area contributed by atoms with Crippen molar-refractivity contribution in [3.63, 3.8) is 0 Å². The fourth-order valence-electron chi connectivity index (χ4n) is 8.84. The van der Waals surface area contributed by atoms with E-state index in [4.69, 9.17) is 9.47 Å². The van der Waals surface area contributed by atoms with Crippen molar-refractivity contribution in [2.45, 2.75) is 22.6 Å². The predicted octanol–water partition coefficient (Wildman–Crippen LogP) is 6.43. The highest BCUT2D eigenvalue weighted by molar-refractivity contribution is 8.00. The number of benzene rings is 4. The Balaban J connectivity index is 0.990. The molecule has 0 radical (unpaired) electrons. The first kappa shape index (κ1) is 31.1. The molecule has 2 bridgehead atoms. The third-order valence-electron chi connectivity index (χ3n) is 10.7. The summed E-state index contributed by atoms with van der Waals surface area (Å²) in [6.07, 6.45) is 0.743. The van der Waals surface area contributed by atoms with Crippen molar-refractivity contribution in [1.29, 1.82) is 0 Å². The van der Waals surface area contributed by atoms with Gasteiger partial charge in [-0.15, -0.1) is 11.8 Å². The monoisotopic (exact) mass is 707 g/mol. The molecule has 4 aliphatic rings. The van der Waals surface area contributed by atoms with Crippen molar-refractivity contribution >= 4 is 63.0 Å². The Bertz CT molecular complexity index is 2270. The molecule has 0 spiro atoms. The number of halogens is 1. The molecule has 9 nitrogen and oxygen atoms in total. The number of aromatic nitrogens is 1. The van der Waals surface area contributed by atoms with E-state index >= 15 is 0 Å². The molecule has 9 rings (SSSR count). The number of thioether (sulfide) groups is 1. The zero-order valence-corrected chi connectivity index (χ0v) is 28.3. The molecular weight excluding hydrogens is 678 g/mol. The van der Waals surface area contributed by atoms with Gasteiger partial charge in [0.25, 0.3) is 5.91 Å². The minimum absolute atomic E-state index is 0.00893. The van der Waals surface area contributed by atoms with Gasteiger partial charge in [-0.25, -0.2) is 4.39 Å². The first-order valence-corrected chi connectivity index (χ1v) is 18.1. The van der Waals surface area contributed by atoms with Gasteiger partial charge in [-0.05, 0) is 89.0 Å². The van der Waals surface area contributed by atoms with E-state index in [0.29, 0.717) is 22.9 Å². The molecule has 7 atom stereocenters. The van der Waals surface area contributed by atoms with Gasteiger partial charge in [-0.3, -0.25) is 24.1 Å². The normalized spacial score (nSPS) is 26.1. The Morgan fingerprint density at radius 1 is 0.920 bits per heavy atom. The number of rotatable bonds is 7. The number of amides is 3. The Morgan fingerprint density at radius 3 is 2.46 bits per heavy atom. The molecule has 5 aromatic rings. The van der Waals surface area contributed by atoms with Crippen LogP contribution in [0.3, 0.4) is 0 Å². The topological polar surface area (TPSA) is 118 Å². The zero-order chi connectivity index (χ0) is 34.3. The zero-order valence-electron chi connectivity index (χ0n) is 26.6. The first-order valence-electron chi connectivity index (χ1n) is 16.4. The maximum atomic E-state index is 14.0. The highest BCUT2D eigenvalue weighted by Gasteiger charge is 2.69. The number of anilines is 2. The molecule has 2 aliphatic carbocycles. The third kappa shape index (κ3) is 4.87. The summed E-state index contributed by atoms with van der Waals surface area (Å²) in [5.74, 6) is -1.69. The van der Waals surface area contributed by atoms with Crippen LogP contribution in [-0.4, -0.2) is 41.7 Å². The number of hydrogen-bond donors (Lipinski definition) is 2.